The number of aliphatic hydroxyl groups excluding tert-OH is 1. The zero-order valence-electron chi connectivity index (χ0n) is 13.8. The molecule has 1 amide bonds. The number of carbonyl (C=O) groups excluding carboxylic acids is 1. The molecule has 0 radical (unpaired) electrons. The molecule has 1 fully saturated rings. The molecule has 1 heterocycles. The molecular formula is C17H26N2O4. The van der Waals surface area contributed by atoms with E-state index in [0.717, 1.165) is 17.1 Å². The fourth-order valence-corrected chi connectivity index (χ4v) is 2.62. The van der Waals surface area contributed by atoms with Gasteiger partial charge in [0.25, 0.3) is 0 Å². The highest BCUT2D eigenvalue weighted by atomic mass is 16.5. The van der Waals surface area contributed by atoms with Gasteiger partial charge in [0.1, 0.15) is 0 Å². The number of ether oxygens (including phenoxy) is 2. The van der Waals surface area contributed by atoms with Gasteiger partial charge in [0.05, 0.1) is 25.4 Å². The zero-order valence-corrected chi connectivity index (χ0v) is 13.8. The molecule has 6 nitrogen and oxygen atoms in total. The molecule has 1 aliphatic rings. The number of nitrogens with one attached hydrogen (secondary N) is 2. The number of aliphatic hydroxyl groups is 1. The van der Waals surface area contributed by atoms with Gasteiger partial charge in [0.15, 0.2) is 11.5 Å². The molecule has 1 aliphatic heterocycles. The molecule has 1 saturated heterocycles. The minimum atomic E-state index is -0.425. The molecule has 128 valence electrons. The first-order valence-electron chi connectivity index (χ1n) is 8.21. The van der Waals surface area contributed by atoms with E-state index < -0.39 is 6.10 Å². The second-order valence-electron chi connectivity index (χ2n) is 5.54. The molecule has 0 saturated carbocycles. The molecule has 0 spiro atoms. The summed E-state index contributed by atoms with van der Waals surface area (Å²) < 4.78 is 11.1. The van der Waals surface area contributed by atoms with E-state index in [1.54, 1.807) is 0 Å². The van der Waals surface area contributed by atoms with E-state index in [4.69, 9.17) is 9.47 Å². The van der Waals surface area contributed by atoms with E-state index in [1.807, 2.05) is 32.0 Å². The molecule has 3 N–H and O–H groups in total. The number of rotatable bonds is 8. The van der Waals surface area contributed by atoms with Gasteiger partial charge >= 0.3 is 0 Å². The Morgan fingerprint density at radius 2 is 2.04 bits per heavy atom. The summed E-state index contributed by atoms with van der Waals surface area (Å²) >= 11 is 0. The van der Waals surface area contributed by atoms with Crippen molar-refractivity contribution < 1.29 is 19.4 Å². The van der Waals surface area contributed by atoms with Crippen molar-refractivity contribution in [1.82, 2.24) is 10.6 Å². The Morgan fingerprint density at radius 1 is 1.30 bits per heavy atom. The minimum absolute atomic E-state index is 0.0579. The second-order valence-corrected chi connectivity index (χ2v) is 5.54. The first kappa shape index (κ1) is 17.6. The standard InChI is InChI=1S/C17H26N2O4/c1-3-22-15-6-5-12(9-16(15)23-4-2)7-8-18-17(21)14-10-13(20)11-19-14/h5-6,9,13-14,19-20H,3-4,7-8,10-11H2,1-2H3,(H,18,21)/t13-,14+/m0/s1. The van der Waals surface area contributed by atoms with Gasteiger partial charge in [-0.3, -0.25) is 4.79 Å². The molecule has 6 heteroatoms. The van der Waals surface area contributed by atoms with Crippen LogP contribution in [0.3, 0.4) is 0 Å². The SMILES string of the molecule is CCOc1ccc(CCNC(=O)[C@H]2C[C@H](O)CN2)cc1OCC. The van der Waals surface area contributed by atoms with Gasteiger partial charge < -0.3 is 25.2 Å². The number of β-amino-alcohol motifs (C(OH)–C–C–N with tert-alkyl or cyclic N) is 1. The van der Waals surface area contributed by atoms with Crippen molar-refractivity contribution in [3.8, 4) is 11.5 Å². The fraction of sp³-hybridized carbons (Fsp3) is 0.588. The Labute approximate surface area is 137 Å². The van der Waals surface area contributed by atoms with Crippen molar-refractivity contribution in [2.75, 3.05) is 26.3 Å². The van der Waals surface area contributed by atoms with E-state index in [2.05, 4.69) is 10.6 Å². The summed E-state index contributed by atoms with van der Waals surface area (Å²) in [6.45, 7) is 6.08. The normalized spacial score (nSPS) is 20.3. The summed E-state index contributed by atoms with van der Waals surface area (Å²) in [5.41, 5.74) is 1.08. The van der Waals surface area contributed by atoms with Crippen LogP contribution in [0.25, 0.3) is 0 Å². The maximum absolute atomic E-state index is 12.0. The molecule has 1 aromatic rings. The lowest BCUT2D eigenvalue weighted by atomic mass is 10.1. The predicted molar refractivity (Wildman–Crippen MR) is 87.9 cm³/mol. The molecule has 0 aromatic heterocycles. The van der Waals surface area contributed by atoms with Gasteiger partial charge in [-0.1, -0.05) is 6.07 Å². The van der Waals surface area contributed by atoms with Crippen LogP contribution in [0.4, 0.5) is 0 Å². The van der Waals surface area contributed by atoms with Crippen LogP contribution in [0, 0.1) is 0 Å². The van der Waals surface area contributed by atoms with Gasteiger partial charge in [-0.15, -0.1) is 0 Å². The van der Waals surface area contributed by atoms with Crippen LogP contribution >= 0.6 is 0 Å². The lowest BCUT2D eigenvalue weighted by Gasteiger charge is -2.13. The van der Waals surface area contributed by atoms with E-state index in [9.17, 15) is 9.90 Å². The molecule has 1 aromatic carbocycles. The number of hydrogen-bond donors (Lipinski definition) is 3. The lowest BCUT2D eigenvalue weighted by molar-refractivity contribution is -0.122. The summed E-state index contributed by atoms with van der Waals surface area (Å²) in [5.74, 6) is 1.42. The van der Waals surface area contributed by atoms with Gasteiger partial charge in [0.2, 0.25) is 5.91 Å². The number of amides is 1. The summed E-state index contributed by atoms with van der Waals surface area (Å²) in [6, 6.07) is 5.56. The van der Waals surface area contributed by atoms with Gasteiger partial charge in [-0.05, 0) is 44.4 Å². The Hall–Kier alpha value is -1.79. The highest BCUT2D eigenvalue weighted by Gasteiger charge is 2.27. The molecule has 2 atom stereocenters. The monoisotopic (exact) mass is 322 g/mol. The quantitative estimate of drug-likeness (QED) is 0.662. The van der Waals surface area contributed by atoms with Crippen molar-refractivity contribution in [2.24, 2.45) is 0 Å². The van der Waals surface area contributed by atoms with E-state index in [1.165, 1.54) is 0 Å². The van der Waals surface area contributed by atoms with Crippen LogP contribution in [0.15, 0.2) is 18.2 Å². The van der Waals surface area contributed by atoms with Crippen molar-refractivity contribution in [2.45, 2.75) is 38.8 Å². The maximum atomic E-state index is 12.0. The topological polar surface area (TPSA) is 79.8 Å². The van der Waals surface area contributed by atoms with Crippen LogP contribution < -0.4 is 20.1 Å². The summed E-state index contributed by atoms with van der Waals surface area (Å²) in [5, 5.41) is 15.3. The Kier molecular flexibility index (Phi) is 6.67. The summed E-state index contributed by atoms with van der Waals surface area (Å²) in [4.78, 5) is 12.0. The van der Waals surface area contributed by atoms with E-state index in [0.29, 0.717) is 39.1 Å². The molecule has 2 rings (SSSR count). The molecule has 0 unspecified atom stereocenters. The van der Waals surface area contributed by atoms with Crippen LogP contribution in [0.1, 0.15) is 25.8 Å². The third-order valence-corrected chi connectivity index (χ3v) is 3.74. The van der Waals surface area contributed by atoms with Gasteiger partial charge in [-0.25, -0.2) is 0 Å². The van der Waals surface area contributed by atoms with E-state index in [-0.39, 0.29) is 11.9 Å². The molecule has 0 bridgehead atoms. The number of hydrogen-bond acceptors (Lipinski definition) is 5. The average Bonchev–Trinajstić information content (AvgIpc) is 2.97. The Morgan fingerprint density at radius 3 is 2.70 bits per heavy atom. The molecule has 23 heavy (non-hydrogen) atoms. The third kappa shape index (κ3) is 5.11. The lowest BCUT2D eigenvalue weighted by Crippen LogP contribution is -2.41. The van der Waals surface area contributed by atoms with Crippen molar-refractivity contribution in [3.63, 3.8) is 0 Å². The first-order valence-corrected chi connectivity index (χ1v) is 8.21. The Balaban J connectivity index is 1.85. The fourth-order valence-electron chi connectivity index (χ4n) is 2.62. The van der Waals surface area contributed by atoms with Crippen molar-refractivity contribution >= 4 is 5.91 Å². The predicted octanol–water partition coefficient (Wildman–Crippen LogP) is 0.866. The number of carbonyl (C=O) groups is 1. The molecule has 0 aliphatic carbocycles. The van der Waals surface area contributed by atoms with Crippen molar-refractivity contribution in [1.29, 1.82) is 0 Å². The highest BCUT2D eigenvalue weighted by molar-refractivity contribution is 5.82. The first-order chi connectivity index (χ1) is 11.1. The van der Waals surface area contributed by atoms with Crippen molar-refractivity contribution in [3.05, 3.63) is 23.8 Å². The minimum Gasteiger partial charge on any atom is -0.490 e. The van der Waals surface area contributed by atoms with Gasteiger partial charge in [-0.2, -0.15) is 0 Å². The summed E-state index contributed by atoms with van der Waals surface area (Å²) in [6.07, 6.45) is 0.766. The second kappa shape index (κ2) is 8.74. The maximum Gasteiger partial charge on any atom is 0.237 e. The van der Waals surface area contributed by atoms with Crippen LogP contribution in [0.2, 0.25) is 0 Å². The highest BCUT2D eigenvalue weighted by Crippen LogP contribution is 2.28. The Bertz CT molecular complexity index is 521. The largest absolute Gasteiger partial charge is 0.490 e. The van der Waals surface area contributed by atoms with Crippen LogP contribution in [-0.2, 0) is 11.2 Å². The average molecular weight is 322 g/mol. The zero-order chi connectivity index (χ0) is 16.7. The molecular weight excluding hydrogens is 296 g/mol. The van der Waals surface area contributed by atoms with E-state index >= 15 is 0 Å². The summed E-state index contributed by atoms with van der Waals surface area (Å²) in [7, 11) is 0. The van der Waals surface area contributed by atoms with Crippen LogP contribution in [-0.4, -0.2) is 49.5 Å². The number of benzene rings is 1. The van der Waals surface area contributed by atoms with Crippen LogP contribution in [0.5, 0.6) is 11.5 Å². The van der Waals surface area contributed by atoms with Gasteiger partial charge in [0, 0.05) is 13.1 Å². The third-order valence-electron chi connectivity index (χ3n) is 3.74. The smallest absolute Gasteiger partial charge is 0.237 e.